The molecule has 0 radical (unpaired) electrons. The van der Waals surface area contributed by atoms with Crippen LogP contribution in [0.5, 0.6) is 0 Å². The molecule has 0 unspecified atom stereocenters. The third-order valence-corrected chi connectivity index (χ3v) is 4.08. The Labute approximate surface area is 216 Å². The van der Waals surface area contributed by atoms with Gasteiger partial charge in [0, 0.05) is 38.0 Å². The molecule has 2 rings (SSSR count). The molecule has 4 N–H and O–H groups in total. The van der Waals surface area contributed by atoms with E-state index in [1.54, 1.807) is 0 Å². The van der Waals surface area contributed by atoms with Crippen molar-refractivity contribution in [3.63, 3.8) is 0 Å². The Morgan fingerprint density at radius 1 is 0.500 bits per heavy atom. The van der Waals surface area contributed by atoms with Crippen molar-refractivity contribution >= 4 is 0 Å². The van der Waals surface area contributed by atoms with Crippen molar-refractivity contribution in [2.75, 3.05) is 82.6 Å². The second kappa shape index (κ2) is 23.3. The minimum absolute atomic E-state index is 0. The summed E-state index contributed by atoms with van der Waals surface area (Å²) in [5.41, 5.74) is 0. The van der Waals surface area contributed by atoms with Gasteiger partial charge < -0.3 is 40.0 Å². The van der Waals surface area contributed by atoms with Crippen LogP contribution in [0.3, 0.4) is 0 Å². The van der Waals surface area contributed by atoms with Gasteiger partial charge in [0.2, 0.25) is 0 Å². The Bertz CT molecular complexity index is 295. The fourth-order valence-corrected chi connectivity index (χ4v) is 1.59. The number of hydrogen-bond donors (Lipinski definition) is 4. The van der Waals surface area contributed by atoms with Gasteiger partial charge in [-0.2, -0.15) is 0 Å². The van der Waals surface area contributed by atoms with Gasteiger partial charge in [0.25, 0.3) is 0 Å². The quantitative estimate of drug-likeness (QED) is 0.215. The summed E-state index contributed by atoms with van der Waals surface area (Å²) in [4.78, 5) is 8.72. The van der Waals surface area contributed by atoms with E-state index in [1.165, 1.54) is 0 Å². The molecule has 0 atom stereocenters. The van der Waals surface area contributed by atoms with E-state index >= 15 is 0 Å². The van der Waals surface area contributed by atoms with Crippen LogP contribution in [0, 0.1) is 11.8 Å². The number of rotatable bonds is 8. The van der Waals surface area contributed by atoms with Crippen LogP contribution < -0.4 is 0 Å². The molecule has 2 aliphatic carbocycles. The van der Waals surface area contributed by atoms with Crippen LogP contribution in [-0.4, -0.2) is 135 Å². The second-order valence-electron chi connectivity index (χ2n) is 8.72. The topological polar surface area (TPSA) is 93.9 Å². The monoisotopic (exact) mass is 622 g/mol. The molecular weight excluding hydrogens is 576 g/mol. The van der Waals surface area contributed by atoms with Crippen molar-refractivity contribution in [2.24, 2.45) is 11.8 Å². The zero-order valence-corrected chi connectivity index (χ0v) is 23.1. The van der Waals surface area contributed by atoms with Crippen molar-refractivity contribution in [3.8, 4) is 0 Å². The first-order chi connectivity index (χ1) is 12.9. The zero-order chi connectivity index (χ0) is 22.3. The van der Waals surface area contributed by atoms with Crippen molar-refractivity contribution in [1.82, 2.24) is 19.6 Å². The fourth-order valence-electron chi connectivity index (χ4n) is 1.59. The van der Waals surface area contributed by atoms with E-state index < -0.39 is 12.6 Å². The number of aliphatic hydroxyl groups excluding tert-OH is 2. The predicted octanol–water partition coefficient (Wildman–Crippen LogP) is -0.372. The van der Waals surface area contributed by atoms with Crippen molar-refractivity contribution in [2.45, 2.75) is 38.3 Å². The first-order valence-electron chi connectivity index (χ1n) is 10.2. The van der Waals surface area contributed by atoms with Crippen molar-refractivity contribution < 1.29 is 65.2 Å². The molecule has 0 aromatic carbocycles. The molecular formula is C20H48Ag2N4O4+2. The molecule has 0 saturated heterocycles. The van der Waals surface area contributed by atoms with Gasteiger partial charge in [-0.1, -0.05) is 0 Å². The van der Waals surface area contributed by atoms with E-state index in [1.807, 2.05) is 0 Å². The average molecular weight is 624 g/mol. The van der Waals surface area contributed by atoms with Crippen LogP contribution >= 0.6 is 0 Å². The van der Waals surface area contributed by atoms with Crippen LogP contribution in [-0.2, 0) is 44.8 Å². The van der Waals surface area contributed by atoms with Gasteiger partial charge in [0.1, 0.15) is 0 Å². The molecule has 192 valence electrons. The number of nitrogens with zero attached hydrogens (tertiary/aromatic N) is 4. The third-order valence-electron chi connectivity index (χ3n) is 4.08. The first kappa shape index (κ1) is 38.4. The Balaban J connectivity index is -0.000000148. The van der Waals surface area contributed by atoms with Crippen molar-refractivity contribution in [1.29, 1.82) is 0 Å². The van der Waals surface area contributed by atoms with E-state index in [2.05, 4.69) is 76.0 Å². The molecule has 0 aromatic heterocycles. The summed E-state index contributed by atoms with van der Waals surface area (Å²) in [6, 6.07) is 0. The minimum atomic E-state index is -1.04. The average Bonchev–Trinajstić information content (AvgIpc) is 3.44. The summed E-state index contributed by atoms with van der Waals surface area (Å²) in [6.45, 7) is 4.58. The SMILES string of the molecule is CN(C)CCN(C)C.CN(C)CCN(C)C.OC(O)C1CC1.OC(O)C1CC1.[Ag+].[Ag+]. The van der Waals surface area contributed by atoms with Gasteiger partial charge in [-0.05, 0) is 82.1 Å². The second-order valence-corrected chi connectivity index (χ2v) is 8.72. The van der Waals surface area contributed by atoms with Crippen LogP contribution in [0.15, 0.2) is 0 Å². The summed E-state index contributed by atoms with van der Waals surface area (Å²) in [7, 11) is 16.7. The van der Waals surface area contributed by atoms with Crippen LogP contribution in [0.4, 0.5) is 0 Å². The summed E-state index contributed by atoms with van der Waals surface area (Å²) in [5.74, 6) is 0.426. The summed E-state index contributed by atoms with van der Waals surface area (Å²) in [6.07, 6.45) is 1.92. The molecule has 8 nitrogen and oxygen atoms in total. The number of hydrogen-bond acceptors (Lipinski definition) is 8. The molecule has 0 aromatic rings. The Hall–Kier alpha value is 1.16. The molecule has 2 aliphatic rings. The van der Waals surface area contributed by atoms with Crippen LogP contribution in [0.1, 0.15) is 25.7 Å². The molecule has 2 saturated carbocycles. The van der Waals surface area contributed by atoms with Gasteiger partial charge in [-0.3, -0.25) is 0 Å². The zero-order valence-electron chi connectivity index (χ0n) is 20.1. The van der Waals surface area contributed by atoms with Gasteiger partial charge in [0.15, 0.2) is 12.6 Å². The molecule has 0 heterocycles. The Morgan fingerprint density at radius 3 is 0.700 bits per heavy atom. The molecule has 10 heteroatoms. The minimum Gasteiger partial charge on any atom is -0.368 e. The van der Waals surface area contributed by atoms with E-state index in [-0.39, 0.29) is 56.6 Å². The summed E-state index contributed by atoms with van der Waals surface area (Å²) < 4.78 is 0. The van der Waals surface area contributed by atoms with E-state index in [0.29, 0.717) is 0 Å². The maximum Gasteiger partial charge on any atom is 1.00 e. The molecule has 0 spiro atoms. The first-order valence-corrected chi connectivity index (χ1v) is 10.2. The smallest absolute Gasteiger partial charge is 0.368 e. The van der Waals surface area contributed by atoms with E-state index in [4.69, 9.17) is 20.4 Å². The normalized spacial score (nSPS) is 15.0. The summed E-state index contributed by atoms with van der Waals surface area (Å²) in [5, 5.41) is 33.0. The standard InChI is InChI=1S/2C6H16N2.2C4H8O2.2Ag/c2*1-7(2)5-6-8(3)4;2*5-4(6)3-1-2-3;;/h2*5-6H2,1-4H3;2*3-6H,1-2H2;;/q;;;;2*+1. The van der Waals surface area contributed by atoms with E-state index in [9.17, 15) is 0 Å². The van der Waals surface area contributed by atoms with Crippen molar-refractivity contribution in [3.05, 3.63) is 0 Å². The predicted molar refractivity (Wildman–Crippen MR) is 116 cm³/mol. The molecule has 30 heavy (non-hydrogen) atoms. The number of aliphatic hydroxyl groups is 4. The van der Waals surface area contributed by atoms with Gasteiger partial charge in [-0.15, -0.1) is 0 Å². The van der Waals surface area contributed by atoms with E-state index in [0.717, 1.165) is 51.9 Å². The van der Waals surface area contributed by atoms with Gasteiger partial charge in [0.05, 0.1) is 0 Å². The molecule has 0 amide bonds. The van der Waals surface area contributed by atoms with Crippen LogP contribution in [0.25, 0.3) is 0 Å². The summed E-state index contributed by atoms with van der Waals surface area (Å²) >= 11 is 0. The number of likely N-dealkylation sites (N-methyl/N-ethyl adjacent to an activating group) is 4. The molecule has 0 aliphatic heterocycles. The maximum absolute atomic E-state index is 8.25. The molecule has 2 fully saturated rings. The Morgan fingerprint density at radius 2 is 0.667 bits per heavy atom. The van der Waals surface area contributed by atoms with Gasteiger partial charge >= 0.3 is 44.8 Å². The van der Waals surface area contributed by atoms with Gasteiger partial charge in [-0.25, -0.2) is 0 Å². The molecule has 0 bridgehead atoms. The third kappa shape index (κ3) is 36.5. The van der Waals surface area contributed by atoms with Crippen LogP contribution in [0.2, 0.25) is 0 Å². The maximum atomic E-state index is 8.25. The largest absolute Gasteiger partial charge is 1.00 e. The fraction of sp³-hybridized carbons (Fsp3) is 1.00. The Kier molecular flexibility index (Phi) is 29.9.